The van der Waals surface area contributed by atoms with Gasteiger partial charge in [0, 0.05) is 5.92 Å². The summed E-state index contributed by atoms with van der Waals surface area (Å²) in [6, 6.07) is 24.5. The van der Waals surface area contributed by atoms with Crippen molar-refractivity contribution in [1.82, 2.24) is 0 Å². The molecule has 0 saturated carbocycles. The van der Waals surface area contributed by atoms with Crippen LogP contribution in [0.15, 0.2) is 77.7 Å². The third-order valence-corrected chi connectivity index (χ3v) is 8.24. The lowest BCUT2D eigenvalue weighted by molar-refractivity contribution is 0.536. The Hall–Kier alpha value is -1.70. The van der Waals surface area contributed by atoms with E-state index < -0.39 is 10.1 Å². The Labute approximate surface area is 207 Å². The van der Waals surface area contributed by atoms with Gasteiger partial charge in [-0.25, -0.2) is 0 Å². The quantitative estimate of drug-likeness (QED) is 0.239. The van der Waals surface area contributed by atoms with Gasteiger partial charge >= 0.3 is 10.1 Å². The molecule has 0 amide bonds. The fraction of sp³-hybridized carbons (Fsp3) is 0.333. The van der Waals surface area contributed by atoms with Crippen LogP contribution in [0.5, 0.6) is 0 Å². The van der Waals surface area contributed by atoms with Crippen LogP contribution in [0.4, 0.5) is 0 Å². The Bertz CT molecular complexity index is 1090. The third kappa shape index (κ3) is 5.61. The largest absolute Gasteiger partial charge is 0.306 e. The molecular formula is C27H31IO3S. The highest BCUT2D eigenvalue weighted by Crippen LogP contribution is 2.35. The molecule has 0 fully saturated rings. The molecule has 0 spiro atoms. The number of benzene rings is 3. The molecule has 5 heteroatoms. The molecule has 3 aromatic carbocycles. The van der Waals surface area contributed by atoms with Crippen LogP contribution in [-0.4, -0.2) is 8.42 Å². The lowest BCUT2D eigenvalue weighted by Gasteiger charge is -2.24. The first-order valence-corrected chi connectivity index (χ1v) is 13.0. The molecule has 170 valence electrons. The molecule has 0 bridgehead atoms. The maximum absolute atomic E-state index is 12.1. The number of halogens is 1. The zero-order valence-corrected chi connectivity index (χ0v) is 22.5. The minimum Gasteiger partial charge on any atom is -0.195 e. The number of hydrogen-bond acceptors (Lipinski definition) is 3. The predicted molar refractivity (Wildman–Crippen MR) is 140 cm³/mol. The SMILES string of the molecule is CC(C)(C)c1ccc(C(c2ccc(C(C)(C)C)cc2)c2ccc(S(=O)(=O)OI)cc2)cc1. The van der Waals surface area contributed by atoms with Crippen molar-refractivity contribution in [1.29, 1.82) is 0 Å². The van der Waals surface area contributed by atoms with Crippen molar-refractivity contribution in [3.8, 4) is 0 Å². The minimum atomic E-state index is -3.73. The van der Waals surface area contributed by atoms with E-state index in [1.807, 2.05) is 12.1 Å². The molecule has 0 aliphatic heterocycles. The summed E-state index contributed by atoms with van der Waals surface area (Å²) in [7, 11) is -3.73. The highest BCUT2D eigenvalue weighted by molar-refractivity contribution is 14.1. The second-order valence-electron chi connectivity index (χ2n) is 10.3. The smallest absolute Gasteiger partial charge is 0.195 e. The average Bonchev–Trinajstić information content (AvgIpc) is 2.74. The number of rotatable bonds is 5. The van der Waals surface area contributed by atoms with E-state index in [0.29, 0.717) is 0 Å². The second-order valence-corrected chi connectivity index (χ2v) is 12.8. The minimum absolute atomic E-state index is 0.00434. The molecule has 0 unspecified atom stereocenters. The van der Waals surface area contributed by atoms with Crippen molar-refractivity contribution in [3.05, 3.63) is 101 Å². The highest BCUT2D eigenvalue weighted by Gasteiger charge is 2.22. The predicted octanol–water partition coefficient (Wildman–Crippen LogP) is 7.52. The van der Waals surface area contributed by atoms with Gasteiger partial charge in [0.2, 0.25) is 0 Å². The van der Waals surface area contributed by atoms with Crippen LogP contribution in [-0.2, 0) is 23.5 Å². The van der Waals surface area contributed by atoms with E-state index >= 15 is 0 Å². The standard InChI is InChI=1S/C27H31IO3S/c1-26(2,3)22-13-7-19(8-14-22)25(20-9-15-23(16-10-20)27(4,5)6)21-11-17-24(18-12-21)32(29,30)31-28/h7-18,25H,1-6H3. The van der Waals surface area contributed by atoms with E-state index in [1.165, 1.54) is 45.3 Å². The Morgan fingerprint density at radius 3 is 1.22 bits per heavy atom. The zero-order valence-electron chi connectivity index (χ0n) is 19.5. The summed E-state index contributed by atoms with van der Waals surface area (Å²) in [5.41, 5.74) is 6.09. The van der Waals surface area contributed by atoms with E-state index in [-0.39, 0.29) is 21.6 Å². The van der Waals surface area contributed by atoms with Gasteiger partial charge in [-0.2, -0.15) is 10.9 Å². The molecule has 0 atom stereocenters. The lowest BCUT2D eigenvalue weighted by Crippen LogP contribution is -2.12. The molecule has 0 heterocycles. The summed E-state index contributed by atoms with van der Waals surface area (Å²) >= 11 is 1.41. The van der Waals surface area contributed by atoms with Crippen LogP contribution in [0.2, 0.25) is 0 Å². The maximum Gasteiger partial charge on any atom is 0.306 e. The first kappa shape index (κ1) is 24.9. The van der Waals surface area contributed by atoms with Crippen LogP contribution in [0, 0.1) is 0 Å². The molecule has 3 nitrogen and oxygen atoms in total. The summed E-state index contributed by atoms with van der Waals surface area (Å²) in [6.45, 7) is 13.2. The van der Waals surface area contributed by atoms with Gasteiger partial charge in [0.05, 0.1) is 4.90 Å². The van der Waals surface area contributed by atoms with E-state index in [4.69, 9.17) is 0 Å². The van der Waals surface area contributed by atoms with E-state index in [1.54, 1.807) is 12.1 Å². The van der Waals surface area contributed by atoms with Gasteiger partial charge in [0.15, 0.2) is 0 Å². The van der Waals surface area contributed by atoms with Gasteiger partial charge in [0.1, 0.15) is 23.0 Å². The summed E-state index contributed by atoms with van der Waals surface area (Å²) in [5.74, 6) is -0.00434. The normalized spacial score (nSPS) is 12.9. The van der Waals surface area contributed by atoms with Crippen molar-refractivity contribution < 1.29 is 10.9 Å². The molecular weight excluding hydrogens is 531 g/mol. The van der Waals surface area contributed by atoms with Crippen LogP contribution in [0.1, 0.15) is 75.3 Å². The molecule has 0 aromatic heterocycles. The molecule has 0 aliphatic carbocycles. The van der Waals surface area contributed by atoms with Crippen molar-refractivity contribution in [2.24, 2.45) is 0 Å². The summed E-state index contributed by atoms with van der Waals surface area (Å²) in [5, 5.41) is 0. The highest BCUT2D eigenvalue weighted by atomic mass is 127. The Morgan fingerprint density at radius 2 is 0.938 bits per heavy atom. The van der Waals surface area contributed by atoms with Crippen molar-refractivity contribution in [2.75, 3.05) is 0 Å². The Morgan fingerprint density at radius 1 is 0.625 bits per heavy atom. The first-order valence-electron chi connectivity index (χ1n) is 10.7. The van der Waals surface area contributed by atoms with Crippen LogP contribution in [0.3, 0.4) is 0 Å². The van der Waals surface area contributed by atoms with Crippen molar-refractivity contribution in [3.63, 3.8) is 0 Å². The maximum atomic E-state index is 12.1. The molecule has 0 aliphatic rings. The molecule has 3 rings (SSSR count). The molecule has 0 N–H and O–H groups in total. The fourth-order valence-corrected chi connectivity index (χ4v) is 4.96. The Balaban J connectivity index is 2.09. The van der Waals surface area contributed by atoms with Crippen LogP contribution >= 0.6 is 23.0 Å². The molecule has 3 aromatic rings. The molecule has 0 saturated heterocycles. The van der Waals surface area contributed by atoms with E-state index in [0.717, 1.165) is 5.56 Å². The van der Waals surface area contributed by atoms with Crippen molar-refractivity contribution >= 4 is 33.1 Å². The van der Waals surface area contributed by atoms with E-state index in [2.05, 4.69) is 92.6 Å². The van der Waals surface area contributed by atoms with Gasteiger partial charge in [-0.05, 0) is 50.8 Å². The fourth-order valence-electron chi connectivity index (χ4n) is 3.79. The van der Waals surface area contributed by atoms with Gasteiger partial charge in [0.25, 0.3) is 0 Å². The zero-order chi connectivity index (χ0) is 23.7. The third-order valence-electron chi connectivity index (χ3n) is 5.81. The average molecular weight is 563 g/mol. The van der Waals surface area contributed by atoms with E-state index in [9.17, 15) is 8.42 Å². The monoisotopic (exact) mass is 562 g/mol. The van der Waals surface area contributed by atoms with Crippen LogP contribution < -0.4 is 0 Å². The van der Waals surface area contributed by atoms with Gasteiger partial charge in [-0.3, -0.25) is 0 Å². The lowest BCUT2D eigenvalue weighted by atomic mass is 9.80. The second kappa shape index (κ2) is 9.27. The number of hydrogen-bond donors (Lipinski definition) is 0. The van der Waals surface area contributed by atoms with Crippen LogP contribution in [0.25, 0.3) is 0 Å². The van der Waals surface area contributed by atoms with Gasteiger partial charge in [-0.1, -0.05) is 102 Å². The molecule has 32 heavy (non-hydrogen) atoms. The van der Waals surface area contributed by atoms with Gasteiger partial charge in [-0.15, -0.1) is 0 Å². The summed E-state index contributed by atoms with van der Waals surface area (Å²) in [4.78, 5) is 0.153. The summed E-state index contributed by atoms with van der Waals surface area (Å²) < 4.78 is 28.7. The first-order chi connectivity index (χ1) is 14.8. The van der Waals surface area contributed by atoms with Gasteiger partial charge < -0.3 is 0 Å². The molecule has 0 radical (unpaired) electrons. The summed E-state index contributed by atoms with van der Waals surface area (Å²) in [6.07, 6.45) is 0. The van der Waals surface area contributed by atoms with Crippen molar-refractivity contribution in [2.45, 2.75) is 63.2 Å². The topological polar surface area (TPSA) is 43.4 Å². The Kier molecular flexibility index (Phi) is 7.23.